The summed E-state index contributed by atoms with van der Waals surface area (Å²) in [6, 6.07) is 0. The Kier molecular flexibility index (Phi) is 58.7. The van der Waals surface area contributed by atoms with Gasteiger partial charge in [0.15, 0.2) is 6.10 Å². The van der Waals surface area contributed by atoms with E-state index < -0.39 is 6.10 Å². The zero-order chi connectivity index (χ0) is 52.9. The van der Waals surface area contributed by atoms with Gasteiger partial charge in [0.1, 0.15) is 13.2 Å². The van der Waals surface area contributed by atoms with Crippen LogP contribution in [0.5, 0.6) is 0 Å². The third kappa shape index (κ3) is 59.6. The highest BCUT2D eigenvalue weighted by molar-refractivity contribution is 5.71. The minimum atomic E-state index is -0.785. The Morgan fingerprint density at radius 2 is 0.534 bits per heavy atom. The van der Waals surface area contributed by atoms with Crippen molar-refractivity contribution >= 4 is 17.9 Å². The molecule has 0 aliphatic rings. The van der Waals surface area contributed by atoms with Gasteiger partial charge in [-0.1, -0.05) is 299 Å². The van der Waals surface area contributed by atoms with Crippen LogP contribution in [-0.2, 0) is 28.6 Å². The van der Waals surface area contributed by atoms with E-state index in [1.54, 1.807) is 0 Å². The molecule has 0 spiro atoms. The van der Waals surface area contributed by atoms with Gasteiger partial charge in [-0.15, -0.1) is 0 Å². The van der Waals surface area contributed by atoms with Crippen molar-refractivity contribution in [1.82, 2.24) is 0 Å². The zero-order valence-corrected chi connectivity index (χ0v) is 48.4. The Morgan fingerprint density at radius 1 is 0.288 bits per heavy atom. The zero-order valence-electron chi connectivity index (χ0n) is 48.4. The van der Waals surface area contributed by atoms with Crippen LogP contribution in [0, 0.1) is 0 Å². The van der Waals surface area contributed by atoms with Crippen LogP contribution in [0.3, 0.4) is 0 Å². The summed E-state index contributed by atoms with van der Waals surface area (Å²) in [5.74, 6) is -0.912. The molecular weight excluding hydrogens is 901 g/mol. The first-order valence-corrected chi connectivity index (χ1v) is 31.4. The standard InChI is InChI=1S/C67H118O6/c1-4-7-10-13-15-17-19-21-23-25-27-29-31-32-33-34-36-37-39-41-43-45-47-49-51-54-57-60-66(69)72-63-64(62-71-65(68)59-56-53-12-9-6-3)73-67(70)61-58-55-52-50-48-46-44-42-40-38-35-30-28-26-24-22-20-18-16-14-11-8-5-2/h8,11,16,18,22,24,28,30,38,40,44,46,64H,4-7,9-10,12-15,17,19-21,23,25-27,29,31-37,39,41-43,45,47-63H2,1-3H3/b11-8-,18-16-,24-22-,30-28-,40-38-,46-44-. The molecule has 0 aliphatic carbocycles. The molecule has 0 N–H and O–H groups in total. The Morgan fingerprint density at radius 3 is 0.836 bits per heavy atom. The van der Waals surface area contributed by atoms with Crippen LogP contribution in [0.1, 0.15) is 316 Å². The second-order valence-corrected chi connectivity index (χ2v) is 21.0. The summed E-state index contributed by atoms with van der Waals surface area (Å²) >= 11 is 0. The minimum Gasteiger partial charge on any atom is -0.462 e. The van der Waals surface area contributed by atoms with Gasteiger partial charge in [0.25, 0.3) is 0 Å². The average Bonchev–Trinajstić information content (AvgIpc) is 3.39. The molecule has 73 heavy (non-hydrogen) atoms. The third-order valence-corrected chi connectivity index (χ3v) is 13.7. The fraction of sp³-hybridized carbons (Fsp3) is 0.776. The second kappa shape index (κ2) is 61.4. The lowest BCUT2D eigenvalue weighted by Crippen LogP contribution is -2.30. The largest absolute Gasteiger partial charge is 0.462 e. The monoisotopic (exact) mass is 1020 g/mol. The van der Waals surface area contributed by atoms with E-state index in [-0.39, 0.29) is 31.1 Å². The molecule has 0 heterocycles. The van der Waals surface area contributed by atoms with Crippen LogP contribution < -0.4 is 0 Å². The molecule has 1 unspecified atom stereocenters. The third-order valence-electron chi connectivity index (χ3n) is 13.7. The van der Waals surface area contributed by atoms with Crippen molar-refractivity contribution in [2.75, 3.05) is 13.2 Å². The number of rotatable bonds is 57. The summed E-state index contributed by atoms with van der Waals surface area (Å²) in [5.41, 5.74) is 0. The predicted octanol–water partition coefficient (Wildman–Crippen LogP) is 21.3. The van der Waals surface area contributed by atoms with Gasteiger partial charge in [-0.05, 0) is 70.6 Å². The minimum absolute atomic E-state index is 0.0835. The molecule has 0 amide bonds. The fourth-order valence-corrected chi connectivity index (χ4v) is 9.04. The van der Waals surface area contributed by atoms with Crippen molar-refractivity contribution in [2.45, 2.75) is 322 Å². The molecule has 6 nitrogen and oxygen atoms in total. The number of ether oxygens (including phenoxy) is 3. The van der Waals surface area contributed by atoms with Crippen molar-refractivity contribution in [1.29, 1.82) is 0 Å². The van der Waals surface area contributed by atoms with Gasteiger partial charge in [0, 0.05) is 19.3 Å². The van der Waals surface area contributed by atoms with Crippen LogP contribution in [0.2, 0.25) is 0 Å². The molecule has 0 radical (unpaired) electrons. The lowest BCUT2D eigenvalue weighted by molar-refractivity contribution is -0.167. The Bertz CT molecular complexity index is 1360. The summed E-state index contributed by atoms with van der Waals surface area (Å²) in [5, 5.41) is 0. The highest BCUT2D eigenvalue weighted by atomic mass is 16.6. The topological polar surface area (TPSA) is 78.9 Å². The maximum Gasteiger partial charge on any atom is 0.306 e. The van der Waals surface area contributed by atoms with Crippen LogP contribution >= 0.6 is 0 Å². The maximum atomic E-state index is 12.8. The quantitative estimate of drug-likeness (QED) is 0.0261. The van der Waals surface area contributed by atoms with Crippen LogP contribution in [0.25, 0.3) is 0 Å². The van der Waals surface area contributed by atoms with Gasteiger partial charge < -0.3 is 14.2 Å². The number of carbonyl (C=O) groups is 3. The van der Waals surface area contributed by atoms with Gasteiger partial charge >= 0.3 is 17.9 Å². The van der Waals surface area contributed by atoms with E-state index in [4.69, 9.17) is 14.2 Å². The van der Waals surface area contributed by atoms with E-state index in [2.05, 4.69) is 93.7 Å². The predicted molar refractivity (Wildman–Crippen MR) is 316 cm³/mol. The van der Waals surface area contributed by atoms with Gasteiger partial charge in [0.05, 0.1) is 0 Å². The average molecular weight is 1020 g/mol. The number of carbonyl (C=O) groups excluding carboxylic acids is 3. The first kappa shape index (κ1) is 69.8. The van der Waals surface area contributed by atoms with Crippen molar-refractivity contribution in [3.63, 3.8) is 0 Å². The fourth-order valence-electron chi connectivity index (χ4n) is 9.04. The number of allylic oxidation sites excluding steroid dienone is 12. The molecule has 0 saturated carbocycles. The van der Waals surface area contributed by atoms with Crippen molar-refractivity contribution < 1.29 is 28.6 Å². The molecule has 0 aromatic heterocycles. The van der Waals surface area contributed by atoms with E-state index >= 15 is 0 Å². The first-order chi connectivity index (χ1) is 36.0. The summed E-state index contributed by atoms with van der Waals surface area (Å²) in [6.07, 6.45) is 79.7. The summed E-state index contributed by atoms with van der Waals surface area (Å²) in [6.45, 7) is 6.46. The second-order valence-electron chi connectivity index (χ2n) is 21.0. The Labute approximate surface area is 453 Å². The van der Waals surface area contributed by atoms with Gasteiger partial charge in [0.2, 0.25) is 0 Å². The molecule has 422 valence electrons. The number of unbranched alkanes of at least 4 members (excludes halogenated alkanes) is 34. The Hall–Kier alpha value is -3.15. The normalized spacial score (nSPS) is 12.5. The van der Waals surface area contributed by atoms with Gasteiger partial charge in [-0.3, -0.25) is 14.4 Å². The molecule has 0 bridgehead atoms. The molecule has 0 aliphatic heterocycles. The lowest BCUT2D eigenvalue weighted by atomic mass is 10.0. The van der Waals surface area contributed by atoms with Crippen molar-refractivity contribution in [3.8, 4) is 0 Å². The van der Waals surface area contributed by atoms with Crippen LogP contribution in [0.4, 0.5) is 0 Å². The molecule has 1 atom stereocenters. The molecule has 0 rings (SSSR count). The molecule has 0 saturated heterocycles. The van der Waals surface area contributed by atoms with Gasteiger partial charge in [-0.25, -0.2) is 0 Å². The smallest absolute Gasteiger partial charge is 0.306 e. The molecule has 0 fully saturated rings. The van der Waals surface area contributed by atoms with E-state index in [1.165, 1.54) is 161 Å². The molecule has 6 heteroatoms. The van der Waals surface area contributed by atoms with Crippen molar-refractivity contribution in [2.24, 2.45) is 0 Å². The maximum absolute atomic E-state index is 12.8. The molecule has 0 aromatic rings. The number of hydrogen-bond acceptors (Lipinski definition) is 6. The van der Waals surface area contributed by atoms with E-state index in [1.807, 2.05) is 0 Å². The molecule has 0 aromatic carbocycles. The van der Waals surface area contributed by atoms with Crippen molar-refractivity contribution in [3.05, 3.63) is 72.9 Å². The van der Waals surface area contributed by atoms with E-state index in [0.29, 0.717) is 19.3 Å². The van der Waals surface area contributed by atoms with Crippen LogP contribution in [-0.4, -0.2) is 37.2 Å². The number of esters is 3. The van der Waals surface area contributed by atoms with Crippen LogP contribution in [0.15, 0.2) is 72.9 Å². The lowest BCUT2D eigenvalue weighted by Gasteiger charge is -2.18. The summed E-state index contributed by atoms with van der Waals surface area (Å²) in [4.78, 5) is 37.9. The Balaban J connectivity index is 4.06. The highest BCUT2D eigenvalue weighted by Gasteiger charge is 2.19. The van der Waals surface area contributed by atoms with Gasteiger partial charge in [-0.2, -0.15) is 0 Å². The first-order valence-electron chi connectivity index (χ1n) is 31.4. The summed E-state index contributed by atoms with van der Waals surface area (Å²) < 4.78 is 16.7. The SMILES string of the molecule is CC/C=C\C/C=C\C/C=C\C/C=C\C/C=C\C/C=C\CCCCCCC(=O)OC(COC(=O)CCCCCCC)COC(=O)CCCCCCCCCCCCCCCCCCCCCCCCCCCCC. The summed E-state index contributed by atoms with van der Waals surface area (Å²) in [7, 11) is 0. The molecular formula is C67H118O6. The van der Waals surface area contributed by atoms with E-state index in [9.17, 15) is 14.4 Å². The van der Waals surface area contributed by atoms with E-state index in [0.717, 1.165) is 116 Å². The number of hydrogen-bond donors (Lipinski definition) is 0. The highest BCUT2D eigenvalue weighted by Crippen LogP contribution is 2.17.